The smallest absolute Gasteiger partial charge is 0.277 e. The number of carbonyl (C=O) groups is 1. The van der Waals surface area contributed by atoms with Gasteiger partial charge in [-0.25, -0.2) is 18.4 Å². The van der Waals surface area contributed by atoms with Gasteiger partial charge in [-0.15, -0.1) is 12.4 Å². The number of hydrogen-bond acceptors (Lipinski definition) is 4. The molecule has 0 radical (unpaired) electrons. The second-order valence-corrected chi connectivity index (χ2v) is 4.49. The summed E-state index contributed by atoms with van der Waals surface area (Å²) in [4.78, 5) is 15.8. The zero-order chi connectivity index (χ0) is 15.3. The first-order valence-electron chi connectivity index (χ1n) is 6.28. The number of rotatable bonds is 6. The van der Waals surface area contributed by atoms with E-state index in [9.17, 15) is 13.6 Å². The van der Waals surface area contributed by atoms with Crippen LogP contribution in [0.15, 0.2) is 36.9 Å². The van der Waals surface area contributed by atoms with Crippen molar-refractivity contribution in [2.75, 3.05) is 13.1 Å². The predicted octanol–water partition coefficient (Wildman–Crippen LogP) is 1.07. The Kier molecular flexibility index (Phi) is 6.39. The van der Waals surface area contributed by atoms with E-state index in [-0.39, 0.29) is 12.4 Å². The van der Waals surface area contributed by atoms with Gasteiger partial charge in [-0.1, -0.05) is 18.2 Å². The van der Waals surface area contributed by atoms with Crippen LogP contribution < -0.4 is 11.1 Å². The number of nitrogens with two attached hydrogens (primary N) is 1. The number of halogens is 3. The zero-order valence-electron chi connectivity index (χ0n) is 11.6. The molecule has 0 spiro atoms. The Morgan fingerprint density at radius 1 is 1.36 bits per heavy atom. The fourth-order valence-electron chi connectivity index (χ4n) is 1.75. The summed E-state index contributed by atoms with van der Waals surface area (Å²) in [5.41, 5.74) is 5.92. The maximum absolute atomic E-state index is 13.1. The number of amides is 1. The molecule has 120 valence electrons. The van der Waals surface area contributed by atoms with E-state index < -0.39 is 24.9 Å². The van der Waals surface area contributed by atoms with Gasteiger partial charge in [-0.2, -0.15) is 5.10 Å². The van der Waals surface area contributed by atoms with E-state index in [0.29, 0.717) is 17.7 Å². The minimum atomic E-state index is -3.11. The lowest BCUT2D eigenvalue weighted by atomic mass is 10.1. The van der Waals surface area contributed by atoms with Gasteiger partial charge in [-0.05, 0) is 11.6 Å². The lowest BCUT2D eigenvalue weighted by Crippen LogP contribution is -2.41. The van der Waals surface area contributed by atoms with Gasteiger partial charge in [-0.3, -0.25) is 4.79 Å². The summed E-state index contributed by atoms with van der Waals surface area (Å²) < 4.78 is 27.7. The van der Waals surface area contributed by atoms with Crippen LogP contribution in [0.25, 0.3) is 0 Å². The highest BCUT2D eigenvalue weighted by Crippen LogP contribution is 2.12. The molecule has 0 aliphatic rings. The Bertz CT molecular complexity index is 606. The van der Waals surface area contributed by atoms with Gasteiger partial charge in [0.15, 0.2) is 0 Å². The summed E-state index contributed by atoms with van der Waals surface area (Å²) in [5.74, 6) is -3.69. The third-order valence-corrected chi connectivity index (χ3v) is 2.87. The SMILES string of the molecule is Cl.NCC(F)(F)CNC(=O)c1ccccc1Cn1cncn1. The first-order valence-corrected chi connectivity index (χ1v) is 6.28. The maximum atomic E-state index is 13.1. The molecule has 1 heterocycles. The normalized spacial score (nSPS) is 10.9. The van der Waals surface area contributed by atoms with Crippen molar-refractivity contribution in [2.24, 2.45) is 5.73 Å². The number of alkyl halides is 2. The highest BCUT2D eigenvalue weighted by atomic mass is 35.5. The third-order valence-electron chi connectivity index (χ3n) is 2.87. The number of aromatic nitrogens is 3. The Morgan fingerprint density at radius 3 is 2.73 bits per heavy atom. The molecule has 2 aromatic rings. The second-order valence-electron chi connectivity index (χ2n) is 4.49. The Morgan fingerprint density at radius 2 is 2.09 bits per heavy atom. The quantitative estimate of drug-likeness (QED) is 0.829. The molecule has 0 bridgehead atoms. The van der Waals surface area contributed by atoms with Gasteiger partial charge in [0, 0.05) is 5.56 Å². The molecule has 1 aromatic heterocycles. The topological polar surface area (TPSA) is 85.8 Å². The number of benzene rings is 1. The molecule has 0 unspecified atom stereocenters. The van der Waals surface area contributed by atoms with Crippen molar-refractivity contribution >= 4 is 18.3 Å². The van der Waals surface area contributed by atoms with Crippen molar-refractivity contribution in [2.45, 2.75) is 12.5 Å². The van der Waals surface area contributed by atoms with Gasteiger partial charge >= 0.3 is 0 Å². The summed E-state index contributed by atoms with van der Waals surface area (Å²) in [5, 5.41) is 6.14. The van der Waals surface area contributed by atoms with Gasteiger partial charge < -0.3 is 11.1 Å². The van der Waals surface area contributed by atoms with Crippen LogP contribution in [0.3, 0.4) is 0 Å². The fourth-order valence-corrected chi connectivity index (χ4v) is 1.75. The second kappa shape index (κ2) is 7.81. The number of nitrogens with zero attached hydrogens (tertiary/aromatic N) is 3. The summed E-state index contributed by atoms with van der Waals surface area (Å²) in [6.07, 6.45) is 2.89. The molecule has 0 aliphatic heterocycles. The van der Waals surface area contributed by atoms with Crippen LogP contribution in [0.1, 0.15) is 15.9 Å². The highest BCUT2D eigenvalue weighted by Gasteiger charge is 2.27. The van der Waals surface area contributed by atoms with E-state index in [4.69, 9.17) is 5.73 Å². The van der Waals surface area contributed by atoms with Gasteiger partial charge in [0.25, 0.3) is 11.8 Å². The molecule has 0 fully saturated rings. The van der Waals surface area contributed by atoms with Crippen LogP contribution in [0.4, 0.5) is 8.78 Å². The maximum Gasteiger partial charge on any atom is 0.277 e. The summed E-state index contributed by atoms with van der Waals surface area (Å²) in [7, 11) is 0. The van der Waals surface area contributed by atoms with Crippen molar-refractivity contribution in [3.8, 4) is 0 Å². The minimum absolute atomic E-state index is 0. The molecular formula is C13H16ClF2N5O. The molecular weight excluding hydrogens is 316 g/mol. The molecule has 2 rings (SSSR count). The van der Waals surface area contributed by atoms with Crippen LogP contribution in [0.2, 0.25) is 0 Å². The Hall–Kier alpha value is -2.06. The predicted molar refractivity (Wildman–Crippen MR) is 79.1 cm³/mol. The lowest BCUT2D eigenvalue weighted by Gasteiger charge is -2.15. The van der Waals surface area contributed by atoms with Crippen molar-refractivity contribution in [1.29, 1.82) is 0 Å². The van der Waals surface area contributed by atoms with Gasteiger partial charge in [0.2, 0.25) is 0 Å². The lowest BCUT2D eigenvalue weighted by molar-refractivity contribution is 0.0118. The molecule has 1 aromatic carbocycles. The van der Waals surface area contributed by atoms with Crippen LogP contribution in [0, 0.1) is 0 Å². The van der Waals surface area contributed by atoms with E-state index in [1.807, 2.05) is 0 Å². The molecule has 3 N–H and O–H groups in total. The summed E-state index contributed by atoms with van der Waals surface area (Å²) in [6.45, 7) is -1.27. The molecule has 6 nitrogen and oxygen atoms in total. The average Bonchev–Trinajstić information content (AvgIpc) is 2.98. The van der Waals surface area contributed by atoms with E-state index in [1.54, 1.807) is 28.9 Å². The van der Waals surface area contributed by atoms with Crippen LogP contribution in [0.5, 0.6) is 0 Å². The first-order chi connectivity index (χ1) is 10.0. The molecule has 9 heteroatoms. The molecule has 0 aliphatic carbocycles. The van der Waals surface area contributed by atoms with E-state index in [2.05, 4.69) is 15.4 Å². The fraction of sp³-hybridized carbons (Fsp3) is 0.308. The van der Waals surface area contributed by atoms with Crippen molar-refractivity contribution in [1.82, 2.24) is 20.1 Å². The molecule has 0 saturated carbocycles. The van der Waals surface area contributed by atoms with Crippen molar-refractivity contribution in [3.05, 3.63) is 48.0 Å². The van der Waals surface area contributed by atoms with Crippen molar-refractivity contribution in [3.63, 3.8) is 0 Å². The van der Waals surface area contributed by atoms with Crippen molar-refractivity contribution < 1.29 is 13.6 Å². The molecule has 1 amide bonds. The monoisotopic (exact) mass is 331 g/mol. The van der Waals surface area contributed by atoms with Crippen LogP contribution >= 0.6 is 12.4 Å². The summed E-state index contributed by atoms with van der Waals surface area (Å²) in [6, 6.07) is 6.73. The average molecular weight is 332 g/mol. The highest BCUT2D eigenvalue weighted by molar-refractivity contribution is 5.95. The standard InChI is InChI=1S/C13H15F2N5O.ClH/c14-13(15,6-16)7-18-12(21)11-4-2-1-3-10(11)5-20-9-17-8-19-20;/h1-4,8-9H,5-7,16H2,(H,18,21);1H. The van der Waals surface area contributed by atoms with Gasteiger partial charge in [0.05, 0.1) is 19.6 Å². The van der Waals surface area contributed by atoms with Crippen LogP contribution in [-0.4, -0.2) is 39.7 Å². The van der Waals surface area contributed by atoms with E-state index in [0.717, 1.165) is 0 Å². The van der Waals surface area contributed by atoms with Crippen LogP contribution in [-0.2, 0) is 6.54 Å². The Balaban J connectivity index is 0.00000242. The van der Waals surface area contributed by atoms with E-state index in [1.165, 1.54) is 12.7 Å². The molecule has 0 saturated heterocycles. The zero-order valence-corrected chi connectivity index (χ0v) is 12.4. The third kappa shape index (κ3) is 4.74. The minimum Gasteiger partial charge on any atom is -0.346 e. The number of nitrogens with one attached hydrogen (secondary N) is 1. The summed E-state index contributed by atoms with van der Waals surface area (Å²) >= 11 is 0. The number of carbonyl (C=O) groups excluding carboxylic acids is 1. The first kappa shape index (κ1) is 18.0. The number of hydrogen-bond donors (Lipinski definition) is 2. The Labute approximate surface area is 132 Å². The van der Waals surface area contributed by atoms with E-state index >= 15 is 0 Å². The largest absolute Gasteiger partial charge is 0.346 e. The van der Waals surface area contributed by atoms with Gasteiger partial charge in [0.1, 0.15) is 12.7 Å². The molecule has 22 heavy (non-hydrogen) atoms. The molecule has 0 atom stereocenters.